The second-order valence-corrected chi connectivity index (χ2v) is 6.83. The van der Waals surface area contributed by atoms with Crippen molar-refractivity contribution in [1.82, 2.24) is 9.62 Å². The van der Waals surface area contributed by atoms with E-state index in [-0.39, 0.29) is 23.9 Å². The van der Waals surface area contributed by atoms with Crippen LogP contribution in [0.3, 0.4) is 0 Å². The summed E-state index contributed by atoms with van der Waals surface area (Å²) in [5.41, 5.74) is 0. The van der Waals surface area contributed by atoms with Crippen molar-refractivity contribution in [1.29, 1.82) is 0 Å². The van der Waals surface area contributed by atoms with Gasteiger partial charge in [0.1, 0.15) is 0 Å². The number of rotatable bonds is 6. The van der Waals surface area contributed by atoms with Gasteiger partial charge in [-0.2, -0.15) is 4.31 Å². The third kappa shape index (κ3) is 3.45. The molecule has 0 saturated heterocycles. The molecule has 0 bridgehead atoms. The van der Waals surface area contributed by atoms with Crippen molar-refractivity contribution < 1.29 is 13.2 Å². The first-order valence-electron chi connectivity index (χ1n) is 7.24. The lowest BCUT2D eigenvalue weighted by molar-refractivity contribution is -0.121. The van der Waals surface area contributed by atoms with Gasteiger partial charge in [0.2, 0.25) is 15.9 Å². The lowest BCUT2D eigenvalue weighted by Crippen LogP contribution is -2.40. The molecule has 118 valence electrons. The Morgan fingerprint density at radius 1 is 1.09 bits per heavy atom. The van der Waals surface area contributed by atoms with Crippen LogP contribution in [0.2, 0.25) is 0 Å². The van der Waals surface area contributed by atoms with Crippen LogP contribution in [-0.2, 0) is 14.8 Å². The van der Waals surface area contributed by atoms with Gasteiger partial charge in [-0.05, 0) is 29.8 Å². The highest BCUT2D eigenvalue weighted by atomic mass is 32.2. The van der Waals surface area contributed by atoms with E-state index in [9.17, 15) is 13.2 Å². The first-order valence-corrected chi connectivity index (χ1v) is 8.68. The van der Waals surface area contributed by atoms with E-state index < -0.39 is 10.0 Å². The van der Waals surface area contributed by atoms with E-state index in [2.05, 4.69) is 5.32 Å². The minimum Gasteiger partial charge on any atom is -0.355 e. The summed E-state index contributed by atoms with van der Waals surface area (Å²) in [6, 6.07) is 12.6. The van der Waals surface area contributed by atoms with E-state index in [1.807, 2.05) is 24.3 Å². The minimum atomic E-state index is -3.68. The fourth-order valence-electron chi connectivity index (χ4n) is 2.26. The number of benzene rings is 2. The number of fused-ring (bicyclic) bond motifs is 1. The summed E-state index contributed by atoms with van der Waals surface area (Å²) in [4.78, 5) is 11.9. The number of amides is 1. The van der Waals surface area contributed by atoms with Crippen LogP contribution >= 0.6 is 0 Å². The van der Waals surface area contributed by atoms with Crippen LogP contribution in [-0.4, -0.2) is 38.3 Å². The van der Waals surface area contributed by atoms with Crippen molar-refractivity contribution in [2.75, 3.05) is 19.6 Å². The maximum Gasteiger partial charge on any atom is 0.243 e. The Morgan fingerprint density at radius 2 is 1.77 bits per heavy atom. The monoisotopic (exact) mass is 320 g/mol. The van der Waals surface area contributed by atoms with Crippen LogP contribution in [0.25, 0.3) is 10.8 Å². The van der Waals surface area contributed by atoms with Crippen LogP contribution in [0.1, 0.15) is 13.8 Å². The Morgan fingerprint density at radius 3 is 2.41 bits per heavy atom. The van der Waals surface area contributed by atoms with Gasteiger partial charge in [-0.25, -0.2) is 8.42 Å². The number of carbonyl (C=O) groups is 1. The Bertz CT molecular complexity index is 772. The van der Waals surface area contributed by atoms with Crippen LogP contribution in [0, 0.1) is 0 Å². The van der Waals surface area contributed by atoms with Crippen LogP contribution in [0.15, 0.2) is 47.4 Å². The van der Waals surface area contributed by atoms with Gasteiger partial charge in [-0.3, -0.25) is 4.79 Å². The summed E-state index contributed by atoms with van der Waals surface area (Å²) in [7, 11) is -3.68. The lowest BCUT2D eigenvalue weighted by atomic mass is 10.1. The molecule has 0 unspecified atom stereocenters. The molecule has 0 heterocycles. The topological polar surface area (TPSA) is 66.5 Å². The summed E-state index contributed by atoms with van der Waals surface area (Å²) >= 11 is 0. The Balaban J connectivity index is 2.35. The Labute approximate surface area is 131 Å². The number of hydrogen-bond donors (Lipinski definition) is 1. The van der Waals surface area contributed by atoms with Gasteiger partial charge in [-0.1, -0.05) is 37.3 Å². The predicted octanol–water partition coefficient (Wildman–Crippen LogP) is 1.99. The summed E-state index contributed by atoms with van der Waals surface area (Å²) in [6.45, 7) is 4.07. The maximum atomic E-state index is 12.7. The lowest BCUT2D eigenvalue weighted by Gasteiger charge is -2.20. The van der Waals surface area contributed by atoms with Gasteiger partial charge >= 0.3 is 0 Å². The average Bonchev–Trinajstić information content (AvgIpc) is 2.52. The summed E-state index contributed by atoms with van der Waals surface area (Å²) in [5.74, 6) is -0.297. The molecule has 1 N–H and O–H groups in total. The second-order valence-electron chi connectivity index (χ2n) is 4.89. The highest BCUT2D eigenvalue weighted by molar-refractivity contribution is 7.89. The number of hydrogen-bond acceptors (Lipinski definition) is 3. The highest BCUT2D eigenvalue weighted by Gasteiger charge is 2.25. The van der Waals surface area contributed by atoms with Gasteiger partial charge in [0.05, 0.1) is 11.4 Å². The number of likely N-dealkylation sites (N-methyl/N-ethyl adjacent to an activating group) is 2. The molecule has 6 heteroatoms. The quantitative estimate of drug-likeness (QED) is 0.885. The largest absolute Gasteiger partial charge is 0.355 e. The fraction of sp³-hybridized carbons (Fsp3) is 0.312. The smallest absolute Gasteiger partial charge is 0.243 e. The molecule has 2 rings (SSSR count). The summed E-state index contributed by atoms with van der Waals surface area (Å²) in [6.07, 6.45) is 0. The molecule has 0 aliphatic rings. The predicted molar refractivity (Wildman–Crippen MR) is 87.1 cm³/mol. The average molecular weight is 320 g/mol. The van der Waals surface area contributed by atoms with E-state index in [4.69, 9.17) is 0 Å². The minimum absolute atomic E-state index is 0.167. The van der Waals surface area contributed by atoms with Crippen molar-refractivity contribution in [3.05, 3.63) is 42.5 Å². The molecular formula is C16H20N2O3S. The van der Waals surface area contributed by atoms with Crippen LogP contribution in [0.5, 0.6) is 0 Å². The third-order valence-corrected chi connectivity index (χ3v) is 5.32. The zero-order valence-electron chi connectivity index (χ0n) is 12.7. The molecule has 0 spiro atoms. The molecule has 0 saturated carbocycles. The summed E-state index contributed by atoms with van der Waals surface area (Å²) in [5, 5.41) is 4.46. The molecule has 0 aliphatic heterocycles. The van der Waals surface area contributed by atoms with E-state index in [1.54, 1.807) is 32.0 Å². The Kier molecular flexibility index (Phi) is 5.15. The molecule has 2 aromatic carbocycles. The molecular weight excluding hydrogens is 300 g/mol. The molecule has 0 radical (unpaired) electrons. The number of nitrogens with one attached hydrogen (secondary N) is 1. The van der Waals surface area contributed by atoms with Crippen molar-refractivity contribution in [2.45, 2.75) is 18.7 Å². The number of sulfonamides is 1. The van der Waals surface area contributed by atoms with E-state index in [1.165, 1.54) is 4.31 Å². The molecule has 0 aromatic heterocycles. The molecule has 5 nitrogen and oxygen atoms in total. The van der Waals surface area contributed by atoms with Crippen molar-refractivity contribution in [3.63, 3.8) is 0 Å². The van der Waals surface area contributed by atoms with E-state index in [0.29, 0.717) is 6.54 Å². The normalized spacial score (nSPS) is 11.8. The van der Waals surface area contributed by atoms with Crippen molar-refractivity contribution in [2.24, 2.45) is 0 Å². The third-order valence-electron chi connectivity index (χ3n) is 3.41. The van der Waals surface area contributed by atoms with Gasteiger partial charge in [0.25, 0.3) is 0 Å². The van der Waals surface area contributed by atoms with Crippen molar-refractivity contribution >= 4 is 26.7 Å². The molecule has 2 aromatic rings. The first-order chi connectivity index (χ1) is 10.5. The van der Waals surface area contributed by atoms with E-state index in [0.717, 1.165) is 10.8 Å². The molecule has 0 fully saturated rings. The molecule has 22 heavy (non-hydrogen) atoms. The van der Waals surface area contributed by atoms with Gasteiger partial charge in [-0.15, -0.1) is 0 Å². The summed E-state index contributed by atoms with van der Waals surface area (Å²) < 4.78 is 26.6. The SMILES string of the molecule is CCNC(=O)CN(CC)S(=O)(=O)c1ccc2ccccc2c1. The number of nitrogens with zero attached hydrogens (tertiary/aromatic N) is 1. The van der Waals surface area contributed by atoms with Gasteiger partial charge in [0, 0.05) is 13.1 Å². The molecule has 1 amide bonds. The van der Waals surface area contributed by atoms with Gasteiger partial charge < -0.3 is 5.32 Å². The van der Waals surface area contributed by atoms with Crippen LogP contribution < -0.4 is 5.32 Å². The highest BCUT2D eigenvalue weighted by Crippen LogP contribution is 2.21. The zero-order chi connectivity index (χ0) is 16.2. The zero-order valence-corrected chi connectivity index (χ0v) is 13.6. The standard InChI is InChI=1S/C16H20N2O3S/c1-3-17-16(19)12-18(4-2)22(20,21)15-10-9-13-7-5-6-8-14(13)11-15/h5-11H,3-4,12H2,1-2H3,(H,17,19). The van der Waals surface area contributed by atoms with Crippen LogP contribution in [0.4, 0.5) is 0 Å². The van der Waals surface area contributed by atoms with E-state index >= 15 is 0 Å². The van der Waals surface area contributed by atoms with Crippen molar-refractivity contribution in [3.8, 4) is 0 Å². The Hall–Kier alpha value is -1.92. The molecule has 0 aliphatic carbocycles. The first kappa shape index (κ1) is 16.5. The van der Waals surface area contributed by atoms with Gasteiger partial charge in [0.15, 0.2) is 0 Å². The second kappa shape index (κ2) is 6.89. The molecule has 0 atom stereocenters. The fourth-order valence-corrected chi connectivity index (χ4v) is 3.70. The number of carbonyl (C=O) groups excluding carboxylic acids is 1. The maximum absolute atomic E-state index is 12.7.